The SMILES string of the molecule is CC(C)(C)C1=CC(C)(c2cc(C(C)(C)C)c(O)c(C(C)(C)C)c2)C=C(C(C)(C)C)C1=O. The van der Waals surface area contributed by atoms with E-state index in [1.54, 1.807) is 0 Å². The molecule has 2 nitrogen and oxygen atoms in total. The zero-order chi connectivity index (χ0) is 24.4. The van der Waals surface area contributed by atoms with Gasteiger partial charge in [0.1, 0.15) is 5.75 Å². The molecule has 0 saturated carbocycles. The molecular weight excluding hydrogens is 380 g/mol. The molecule has 1 N–H and O–H groups in total. The maximum absolute atomic E-state index is 13.5. The number of hydrogen-bond acceptors (Lipinski definition) is 2. The van der Waals surface area contributed by atoms with Crippen molar-refractivity contribution in [2.45, 2.75) is 106 Å². The predicted octanol–water partition coefficient (Wildman–Crippen LogP) is 7.77. The second-order valence-corrected chi connectivity index (χ2v) is 13.6. The van der Waals surface area contributed by atoms with Gasteiger partial charge in [0.2, 0.25) is 0 Å². The zero-order valence-electron chi connectivity index (χ0n) is 22.2. The number of aromatic hydroxyl groups is 1. The van der Waals surface area contributed by atoms with Gasteiger partial charge in [0.15, 0.2) is 5.78 Å². The van der Waals surface area contributed by atoms with Gasteiger partial charge in [0, 0.05) is 16.6 Å². The number of rotatable bonds is 1. The van der Waals surface area contributed by atoms with Crippen molar-refractivity contribution in [1.29, 1.82) is 0 Å². The lowest BCUT2D eigenvalue weighted by Gasteiger charge is -2.39. The minimum absolute atomic E-state index is 0.156. The summed E-state index contributed by atoms with van der Waals surface area (Å²) in [5.74, 6) is 0.544. The normalized spacial score (nSPS) is 18.0. The number of benzene rings is 1. The van der Waals surface area contributed by atoms with Crippen LogP contribution in [-0.4, -0.2) is 10.9 Å². The molecular formula is C29H44O2. The molecule has 2 rings (SSSR count). The number of hydrogen-bond donors (Lipinski definition) is 1. The van der Waals surface area contributed by atoms with Gasteiger partial charge >= 0.3 is 0 Å². The summed E-state index contributed by atoms with van der Waals surface area (Å²) in [5.41, 5.74) is 3.41. The highest BCUT2D eigenvalue weighted by molar-refractivity contribution is 6.11. The fourth-order valence-corrected chi connectivity index (χ4v) is 4.29. The molecule has 0 saturated heterocycles. The Morgan fingerprint density at radius 3 is 1.23 bits per heavy atom. The number of ketones is 1. The molecule has 0 aromatic heterocycles. The maximum Gasteiger partial charge on any atom is 0.185 e. The van der Waals surface area contributed by atoms with Crippen LogP contribution in [0.5, 0.6) is 5.75 Å². The molecule has 0 amide bonds. The van der Waals surface area contributed by atoms with Crippen LogP contribution in [0.1, 0.15) is 107 Å². The summed E-state index contributed by atoms with van der Waals surface area (Å²) in [7, 11) is 0. The first-order valence-electron chi connectivity index (χ1n) is 11.5. The van der Waals surface area contributed by atoms with E-state index in [4.69, 9.17) is 0 Å². The molecule has 2 heteroatoms. The minimum atomic E-state index is -0.438. The van der Waals surface area contributed by atoms with Crippen molar-refractivity contribution in [3.63, 3.8) is 0 Å². The summed E-state index contributed by atoms with van der Waals surface area (Å²) in [6.45, 7) is 27.7. The molecule has 0 fully saturated rings. The van der Waals surface area contributed by atoms with E-state index in [-0.39, 0.29) is 27.4 Å². The van der Waals surface area contributed by atoms with Crippen molar-refractivity contribution in [3.05, 3.63) is 52.1 Å². The van der Waals surface area contributed by atoms with Gasteiger partial charge in [0.25, 0.3) is 0 Å². The molecule has 31 heavy (non-hydrogen) atoms. The first-order chi connectivity index (χ1) is 13.6. The van der Waals surface area contributed by atoms with Gasteiger partial charge in [-0.3, -0.25) is 4.79 Å². The van der Waals surface area contributed by atoms with Crippen LogP contribution in [-0.2, 0) is 21.0 Å². The molecule has 0 radical (unpaired) electrons. The zero-order valence-corrected chi connectivity index (χ0v) is 22.2. The van der Waals surface area contributed by atoms with Crippen LogP contribution >= 0.6 is 0 Å². The van der Waals surface area contributed by atoms with Crippen molar-refractivity contribution < 1.29 is 9.90 Å². The van der Waals surface area contributed by atoms with Crippen molar-refractivity contribution in [3.8, 4) is 5.75 Å². The molecule has 0 heterocycles. The Labute approximate surface area is 190 Å². The molecule has 0 unspecified atom stereocenters. The molecule has 1 aromatic rings. The van der Waals surface area contributed by atoms with E-state index >= 15 is 0 Å². The van der Waals surface area contributed by atoms with Crippen LogP contribution in [0.4, 0.5) is 0 Å². The van der Waals surface area contributed by atoms with Gasteiger partial charge in [0.05, 0.1) is 0 Å². The number of allylic oxidation sites excluding steroid dienone is 4. The van der Waals surface area contributed by atoms with E-state index in [0.29, 0.717) is 5.75 Å². The third kappa shape index (κ3) is 4.99. The van der Waals surface area contributed by atoms with Crippen LogP contribution in [0.15, 0.2) is 35.4 Å². The minimum Gasteiger partial charge on any atom is -0.507 e. The first kappa shape index (κ1) is 25.4. The lowest BCUT2D eigenvalue weighted by Crippen LogP contribution is -2.34. The second kappa shape index (κ2) is 7.36. The summed E-state index contributed by atoms with van der Waals surface area (Å²) in [6, 6.07) is 4.29. The number of carbonyl (C=O) groups excluding carboxylic acids is 1. The van der Waals surface area contributed by atoms with Gasteiger partial charge in [-0.25, -0.2) is 0 Å². The van der Waals surface area contributed by atoms with Gasteiger partial charge in [-0.2, -0.15) is 0 Å². The summed E-state index contributed by atoms with van der Waals surface area (Å²) in [6.07, 6.45) is 4.33. The van der Waals surface area contributed by atoms with Crippen LogP contribution < -0.4 is 0 Å². The Balaban J connectivity index is 2.96. The van der Waals surface area contributed by atoms with Gasteiger partial charge in [-0.1, -0.05) is 107 Å². The van der Waals surface area contributed by atoms with Crippen molar-refractivity contribution in [1.82, 2.24) is 0 Å². The fourth-order valence-electron chi connectivity index (χ4n) is 4.29. The van der Waals surface area contributed by atoms with Crippen molar-refractivity contribution >= 4 is 5.78 Å². The average Bonchev–Trinajstić information content (AvgIpc) is 2.52. The predicted molar refractivity (Wildman–Crippen MR) is 133 cm³/mol. The van der Waals surface area contributed by atoms with E-state index in [0.717, 1.165) is 27.8 Å². The van der Waals surface area contributed by atoms with E-state index in [9.17, 15) is 9.90 Å². The van der Waals surface area contributed by atoms with Crippen LogP contribution in [0.2, 0.25) is 0 Å². The number of phenols is 1. The van der Waals surface area contributed by atoms with E-state index in [1.165, 1.54) is 0 Å². The molecule has 0 spiro atoms. The van der Waals surface area contributed by atoms with Crippen LogP contribution in [0.3, 0.4) is 0 Å². The standard InChI is InChI=1S/C29H44O2/c1-25(2,3)19-14-18(15-20(23(19)30)26(4,5)6)29(13)16-21(27(7,8)9)24(31)22(17-29)28(10,11)12/h14-17,30H,1-13H3. The fraction of sp³-hybridized carbons (Fsp3) is 0.621. The quantitative estimate of drug-likeness (QED) is 0.500. The Morgan fingerprint density at radius 1 is 0.645 bits per heavy atom. The van der Waals surface area contributed by atoms with E-state index in [2.05, 4.69) is 114 Å². The maximum atomic E-state index is 13.5. The molecule has 1 aromatic carbocycles. The summed E-state index contributed by atoms with van der Waals surface area (Å²) in [4.78, 5) is 13.5. The highest BCUT2D eigenvalue weighted by Gasteiger charge is 2.40. The van der Waals surface area contributed by atoms with Gasteiger partial charge in [-0.05, 0) is 45.3 Å². The second-order valence-electron chi connectivity index (χ2n) is 13.6. The third-order valence-corrected chi connectivity index (χ3v) is 6.34. The van der Waals surface area contributed by atoms with Crippen LogP contribution in [0, 0.1) is 10.8 Å². The Morgan fingerprint density at radius 2 is 0.968 bits per heavy atom. The topological polar surface area (TPSA) is 37.3 Å². The average molecular weight is 425 g/mol. The highest BCUT2D eigenvalue weighted by Crippen LogP contribution is 2.47. The Hall–Kier alpha value is -1.83. The van der Waals surface area contributed by atoms with E-state index in [1.807, 2.05) is 0 Å². The lowest BCUT2D eigenvalue weighted by atomic mass is 9.64. The monoisotopic (exact) mass is 424 g/mol. The van der Waals surface area contributed by atoms with Crippen molar-refractivity contribution in [2.75, 3.05) is 0 Å². The summed E-state index contributed by atoms with van der Waals surface area (Å²) >= 11 is 0. The molecule has 1 aliphatic rings. The molecule has 172 valence electrons. The number of carbonyl (C=O) groups is 1. The first-order valence-corrected chi connectivity index (χ1v) is 11.5. The largest absolute Gasteiger partial charge is 0.507 e. The molecule has 0 aliphatic heterocycles. The van der Waals surface area contributed by atoms with Crippen LogP contribution in [0.25, 0.3) is 0 Å². The van der Waals surface area contributed by atoms with Crippen molar-refractivity contribution in [2.24, 2.45) is 10.8 Å². The van der Waals surface area contributed by atoms with E-state index < -0.39 is 5.41 Å². The Bertz CT molecular complexity index is 873. The number of phenolic OH excluding ortho intramolecular Hbond substituents is 1. The summed E-state index contributed by atoms with van der Waals surface area (Å²) in [5, 5.41) is 11.2. The smallest absolute Gasteiger partial charge is 0.185 e. The number of Topliss-reactive ketones (excluding diaryl/α,β-unsaturated/α-hetero) is 1. The highest BCUT2D eigenvalue weighted by atomic mass is 16.3. The Kier molecular flexibility index (Phi) is 6.03. The van der Waals surface area contributed by atoms with Gasteiger partial charge in [-0.15, -0.1) is 0 Å². The summed E-state index contributed by atoms with van der Waals surface area (Å²) < 4.78 is 0. The third-order valence-electron chi connectivity index (χ3n) is 6.34. The van der Waals surface area contributed by atoms with Gasteiger partial charge < -0.3 is 5.11 Å². The molecule has 0 atom stereocenters. The molecule has 0 bridgehead atoms. The molecule has 1 aliphatic carbocycles. The lowest BCUT2D eigenvalue weighted by molar-refractivity contribution is -0.114.